The van der Waals surface area contributed by atoms with Crippen LogP contribution >= 0.6 is 0 Å². The minimum absolute atomic E-state index is 0.123. The van der Waals surface area contributed by atoms with Gasteiger partial charge in [0, 0.05) is 18.5 Å². The first-order chi connectivity index (χ1) is 13.7. The summed E-state index contributed by atoms with van der Waals surface area (Å²) < 4.78 is 10.7. The number of nitrogens with zero attached hydrogens (tertiary/aromatic N) is 3. The molecule has 0 radical (unpaired) electrons. The minimum Gasteiger partial charge on any atom is -0.497 e. The second kappa shape index (κ2) is 8.25. The van der Waals surface area contributed by atoms with Gasteiger partial charge in [0.1, 0.15) is 11.8 Å². The molecule has 1 amide bonds. The van der Waals surface area contributed by atoms with Crippen molar-refractivity contribution in [3.8, 4) is 17.1 Å². The van der Waals surface area contributed by atoms with E-state index in [9.17, 15) is 4.79 Å². The van der Waals surface area contributed by atoms with Crippen LogP contribution in [-0.2, 0) is 11.2 Å². The lowest BCUT2D eigenvalue weighted by atomic mass is 10.1. The summed E-state index contributed by atoms with van der Waals surface area (Å²) in [4.78, 5) is 19.2. The van der Waals surface area contributed by atoms with Crippen molar-refractivity contribution in [2.24, 2.45) is 0 Å². The Morgan fingerprint density at radius 1 is 1.18 bits per heavy atom. The van der Waals surface area contributed by atoms with Crippen molar-refractivity contribution in [3.63, 3.8) is 0 Å². The van der Waals surface area contributed by atoms with Crippen molar-refractivity contribution in [2.75, 3.05) is 13.7 Å². The second-order valence-electron chi connectivity index (χ2n) is 6.92. The average Bonchev–Trinajstić information content (AvgIpc) is 3.42. The minimum atomic E-state index is -0.131. The predicted octanol–water partition coefficient (Wildman–Crippen LogP) is 4.04. The number of likely N-dealkylation sites (tertiary alicyclic amines) is 1. The molecule has 1 aliphatic heterocycles. The van der Waals surface area contributed by atoms with Gasteiger partial charge in [-0.25, -0.2) is 0 Å². The Kier molecular flexibility index (Phi) is 5.37. The van der Waals surface area contributed by atoms with Crippen molar-refractivity contribution in [3.05, 3.63) is 66.1 Å². The molecule has 6 heteroatoms. The van der Waals surface area contributed by atoms with Gasteiger partial charge in [-0.2, -0.15) is 4.98 Å². The van der Waals surface area contributed by atoms with Gasteiger partial charge in [0.15, 0.2) is 0 Å². The molecule has 144 valence electrons. The molecule has 4 rings (SSSR count). The molecule has 1 fully saturated rings. The van der Waals surface area contributed by atoms with Crippen LogP contribution < -0.4 is 4.74 Å². The molecular formula is C22H23N3O3. The number of carbonyl (C=O) groups excluding carboxylic acids is 1. The molecule has 28 heavy (non-hydrogen) atoms. The normalized spacial score (nSPS) is 16.3. The van der Waals surface area contributed by atoms with Crippen LogP contribution in [0.3, 0.4) is 0 Å². The molecule has 2 heterocycles. The van der Waals surface area contributed by atoms with Gasteiger partial charge in [-0.15, -0.1) is 0 Å². The number of rotatable bonds is 6. The molecule has 0 bridgehead atoms. The molecule has 1 aromatic heterocycles. The van der Waals surface area contributed by atoms with E-state index in [-0.39, 0.29) is 11.9 Å². The van der Waals surface area contributed by atoms with E-state index in [1.807, 2.05) is 59.5 Å². The second-order valence-corrected chi connectivity index (χ2v) is 6.92. The summed E-state index contributed by atoms with van der Waals surface area (Å²) in [5, 5.41) is 4.10. The van der Waals surface area contributed by atoms with Crippen molar-refractivity contribution in [2.45, 2.75) is 31.7 Å². The third kappa shape index (κ3) is 3.91. The number of amides is 1. The number of benzene rings is 2. The van der Waals surface area contributed by atoms with E-state index in [0.29, 0.717) is 24.6 Å². The van der Waals surface area contributed by atoms with E-state index in [1.54, 1.807) is 7.11 Å². The molecule has 0 saturated carbocycles. The lowest BCUT2D eigenvalue weighted by molar-refractivity contribution is -0.132. The van der Waals surface area contributed by atoms with Crippen molar-refractivity contribution in [1.29, 1.82) is 0 Å². The van der Waals surface area contributed by atoms with Crippen LogP contribution in [0.1, 0.15) is 36.8 Å². The van der Waals surface area contributed by atoms with E-state index in [4.69, 9.17) is 9.26 Å². The van der Waals surface area contributed by atoms with Gasteiger partial charge < -0.3 is 14.2 Å². The maximum atomic E-state index is 12.8. The van der Waals surface area contributed by atoms with E-state index < -0.39 is 0 Å². The Morgan fingerprint density at radius 2 is 1.96 bits per heavy atom. The van der Waals surface area contributed by atoms with Gasteiger partial charge in [0.2, 0.25) is 17.6 Å². The lowest BCUT2D eigenvalue weighted by Gasteiger charge is -2.21. The fraction of sp³-hybridized carbons (Fsp3) is 0.318. The van der Waals surface area contributed by atoms with Gasteiger partial charge in [-0.05, 0) is 37.0 Å². The van der Waals surface area contributed by atoms with Gasteiger partial charge in [-0.1, -0.05) is 47.6 Å². The third-order valence-electron chi connectivity index (χ3n) is 5.12. The quantitative estimate of drug-likeness (QED) is 0.648. The van der Waals surface area contributed by atoms with Gasteiger partial charge in [0.05, 0.1) is 7.11 Å². The maximum absolute atomic E-state index is 12.8. The molecular weight excluding hydrogens is 354 g/mol. The van der Waals surface area contributed by atoms with Crippen molar-refractivity contribution < 1.29 is 14.1 Å². The van der Waals surface area contributed by atoms with E-state index in [2.05, 4.69) is 10.1 Å². The van der Waals surface area contributed by atoms with Gasteiger partial charge in [0.25, 0.3) is 0 Å². The fourth-order valence-electron chi connectivity index (χ4n) is 3.58. The molecule has 1 aliphatic rings. The summed E-state index contributed by atoms with van der Waals surface area (Å²) in [7, 11) is 1.65. The highest BCUT2D eigenvalue weighted by Crippen LogP contribution is 2.32. The number of hydrogen-bond donors (Lipinski definition) is 0. The first-order valence-corrected chi connectivity index (χ1v) is 9.56. The van der Waals surface area contributed by atoms with Crippen molar-refractivity contribution in [1.82, 2.24) is 15.0 Å². The monoisotopic (exact) mass is 377 g/mol. The molecule has 2 aromatic carbocycles. The van der Waals surface area contributed by atoms with Crippen LogP contribution in [0.15, 0.2) is 59.1 Å². The van der Waals surface area contributed by atoms with Crippen LogP contribution in [0, 0.1) is 0 Å². The van der Waals surface area contributed by atoms with Crippen LogP contribution in [0.5, 0.6) is 5.75 Å². The number of carbonyl (C=O) groups is 1. The Balaban J connectivity index is 1.41. The molecule has 1 saturated heterocycles. The topological polar surface area (TPSA) is 68.5 Å². The predicted molar refractivity (Wildman–Crippen MR) is 105 cm³/mol. The van der Waals surface area contributed by atoms with Gasteiger partial charge in [-0.3, -0.25) is 4.79 Å². The Bertz CT molecular complexity index is 922. The van der Waals surface area contributed by atoms with Crippen molar-refractivity contribution >= 4 is 5.91 Å². The highest BCUT2D eigenvalue weighted by molar-refractivity contribution is 5.77. The average molecular weight is 377 g/mol. The molecule has 0 unspecified atom stereocenters. The molecule has 3 aromatic rings. The molecule has 0 N–H and O–H groups in total. The Hall–Kier alpha value is -3.15. The van der Waals surface area contributed by atoms with Crippen LogP contribution in [0.25, 0.3) is 11.4 Å². The number of aryl methyl sites for hydroxylation is 1. The third-order valence-corrected chi connectivity index (χ3v) is 5.12. The first-order valence-electron chi connectivity index (χ1n) is 9.56. The van der Waals surface area contributed by atoms with Gasteiger partial charge >= 0.3 is 0 Å². The standard InChI is InChI=1S/C22H23N3O3/c1-27-18-12-9-16(10-13-18)11-14-20(26)25-15-5-8-19(25)22-23-21(24-28-22)17-6-3-2-4-7-17/h2-4,6-7,9-10,12-13,19H,5,8,11,14-15H2,1H3/t19-/m0/s1. The zero-order valence-corrected chi connectivity index (χ0v) is 15.9. The lowest BCUT2D eigenvalue weighted by Crippen LogP contribution is -2.30. The SMILES string of the molecule is COc1ccc(CCC(=O)N2CCC[C@H]2c2nc(-c3ccccc3)no2)cc1. The van der Waals surface area contributed by atoms with Crippen LogP contribution in [0.2, 0.25) is 0 Å². The van der Waals surface area contributed by atoms with E-state index in [1.165, 1.54) is 0 Å². The smallest absolute Gasteiger partial charge is 0.249 e. The van der Waals surface area contributed by atoms with E-state index in [0.717, 1.165) is 36.3 Å². The summed E-state index contributed by atoms with van der Waals surface area (Å²) in [5.74, 6) is 2.03. The largest absolute Gasteiger partial charge is 0.497 e. The Morgan fingerprint density at radius 3 is 2.71 bits per heavy atom. The van der Waals surface area contributed by atoms with Crippen LogP contribution in [0.4, 0.5) is 0 Å². The highest BCUT2D eigenvalue weighted by atomic mass is 16.5. The number of aromatic nitrogens is 2. The number of hydrogen-bond acceptors (Lipinski definition) is 5. The Labute approximate surface area is 164 Å². The first kappa shape index (κ1) is 18.2. The molecule has 6 nitrogen and oxygen atoms in total. The summed E-state index contributed by atoms with van der Waals surface area (Å²) in [6.45, 7) is 0.731. The van der Waals surface area contributed by atoms with Crippen LogP contribution in [-0.4, -0.2) is 34.6 Å². The summed E-state index contributed by atoms with van der Waals surface area (Å²) in [6, 6.07) is 17.4. The maximum Gasteiger partial charge on any atom is 0.249 e. The highest BCUT2D eigenvalue weighted by Gasteiger charge is 2.33. The number of methoxy groups -OCH3 is 1. The zero-order chi connectivity index (χ0) is 19.3. The number of ether oxygens (including phenoxy) is 1. The zero-order valence-electron chi connectivity index (χ0n) is 15.9. The van der Waals surface area contributed by atoms with E-state index >= 15 is 0 Å². The molecule has 1 atom stereocenters. The summed E-state index contributed by atoms with van der Waals surface area (Å²) in [5.41, 5.74) is 2.03. The molecule has 0 aliphatic carbocycles. The summed E-state index contributed by atoms with van der Waals surface area (Å²) in [6.07, 6.45) is 2.96. The molecule has 0 spiro atoms. The summed E-state index contributed by atoms with van der Waals surface area (Å²) >= 11 is 0. The fourth-order valence-corrected chi connectivity index (χ4v) is 3.58.